The van der Waals surface area contributed by atoms with Crippen molar-refractivity contribution in [2.75, 3.05) is 32.1 Å². The molecule has 1 aromatic heterocycles. The Balaban J connectivity index is 2.20. The van der Waals surface area contributed by atoms with Gasteiger partial charge in [-0.3, -0.25) is 0 Å². The molecule has 2 N–H and O–H groups in total. The van der Waals surface area contributed by atoms with Crippen LogP contribution in [0.2, 0.25) is 0 Å². The maximum Gasteiger partial charge on any atom is 0.246 e. The number of nitrogens with one attached hydrogen (secondary N) is 1. The standard InChI is InChI=1S/C11H18N4O3S/c1-12-11-13-5-10(6-14-11)19(17,18)15-4-2-3-9(7-15)8-16/h5-6,9,16H,2-4,7-8H2,1H3,(H,12,13,14). The highest BCUT2D eigenvalue weighted by Gasteiger charge is 2.30. The lowest BCUT2D eigenvalue weighted by atomic mass is 10.0. The van der Waals surface area contributed by atoms with Crippen molar-refractivity contribution in [2.45, 2.75) is 17.7 Å². The lowest BCUT2D eigenvalue weighted by Crippen LogP contribution is -2.40. The van der Waals surface area contributed by atoms with E-state index in [2.05, 4.69) is 15.3 Å². The highest BCUT2D eigenvalue weighted by atomic mass is 32.2. The van der Waals surface area contributed by atoms with Crippen molar-refractivity contribution in [3.05, 3.63) is 12.4 Å². The summed E-state index contributed by atoms with van der Waals surface area (Å²) in [5.74, 6) is 0.395. The van der Waals surface area contributed by atoms with Crippen LogP contribution < -0.4 is 5.32 Å². The SMILES string of the molecule is CNc1ncc(S(=O)(=O)N2CCCC(CO)C2)cn1. The number of aliphatic hydroxyl groups excluding tert-OH is 1. The van der Waals surface area contributed by atoms with Crippen molar-refractivity contribution in [1.82, 2.24) is 14.3 Å². The van der Waals surface area contributed by atoms with E-state index in [9.17, 15) is 8.42 Å². The van der Waals surface area contributed by atoms with Crippen molar-refractivity contribution in [1.29, 1.82) is 0 Å². The van der Waals surface area contributed by atoms with Crippen LogP contribution in [0.4, 0.5) is 5.95 Å². The summed E-state index contributed by atoms with van der Waals surface area (Å²) in [5.41, 5.74) is 0. The van der Waals surface area contributed by atoms with Gasteiger partial charge in [0.1, 0.15) is 4.90 Å². The summed E-state index contributed by atoms with van der Waals surface area (Å²) in [6.07, 6.45) is 4.23. The molecule has 2 rings (SSSR count). The van der Waals surface area contributed by atoms with E-state index in [4.69, 9.17) is 5.11 Å². The zero-order valence-corrected chi connectivity index (χ0v) is 11.6. The normalized spacial score (nSPS) is 21.3. The molecular weight excluding hydrogens is 268 g/mol. The molecular formula is C11H18N4O3S. The van der Waals surface area contributed by atoms with E-state index >= 15 is 0 Å². The minimum Gasteiger partial charge on any atom is -0.396 e. The summed E-state index contributed by atoms with van der Waals surface area (Å²) >= 11 is 0. The molecule has 1 fully saturated rings. The third-order valence-electron chi connectivity index (χ3n) is 3.23. The van der Waals surface area contributed by atoms with Gasteiger partial charge in [0.2, 0.25) is 16.0 Å². The summed E-state index contributed by atoms with van der Waals surface area (Å²) in [7, 11) is -1.89. The smallest absolute Gasteiger partial charge is 0.246 e. The van der Waals surface area contributed by atoms with Crippen molar-refractivity contribution in [2.24, 2.45) is 5.92 Å². The Morgan fingerprint density at radius 2 is 2.16 bits per heavy atom. The number of rotatable bonds is 4. The first kappa shape index (κ1) is 14.2. The molecule has 8 heteroatoms. The Morgan fingerprint density at radius 3 is 2.74 bits per heavy atom. The fourth-order valence-corrected chi connectivity index (χ4v) is 3.57. The molecule has 2 heterocycles. The first-order valence-electron chi connectivity index (χ1n) is 6.18. The Kier molecular flexibility index (Phi) is 4.33. The van der Waals surface area contributed by atoms with Gasteiger partial charge in [0.15, 0.2) is 0 Å². The second-order valence-corrected chi connectivity index (χ2v) is 6.48. The van der Waals surface area contributed by atoms with E-state index < -0.39 is 10.0 Å². The third kappa shape index (κ3) is 3.02. The summed E-state index contributed by atoms with van der Waals surface area (Å²) in [4.78, 5) is 7.93. The van der Waals surface area contributed by atoms with Crippen LogP contribution in [0.5, 0.6) is 0 Å². The molecule has 0 radical (unpaired) electrons. The highest BCUT2D eigenvalue weighted by Crippen LogP contribution is 2.22. The fourth-order valence-electron chi connectivity index (χ4n) is 2.12. The van der Waals surface area contributed by atoms with Gasteiger partial charge in [0.05, 0.1) is 12.4 Å². The molecule has 0 aromatic carbocycles. The van der Waals surface area contributed by atoms with Gasteiger partial charge in [-0.15, -0.1) is 0 Å². The van der Waals surface area contributed by atoms with Crippen LogP contribution in [0.15, 0.2) is 17.3 Å². The molecule has 0 bridgehead atoms. The van der Waals surface area contributed by atoms with Crippen LogP contribution in [-0.4, -0.2) is 54.5 Å². The molecule has 1 atom stereocenters. The number of sulfonamides is 1. The van der Waals surface area contributed by atoms with E-state index in [0.29, 0.717) is 19.0 Å². The Morgan fingerprint density at radius 1 is 1.47 bits per heavy atom. The second-order valence-electron chi connectivity index (χ2n) is 4.55. The second kappa shape index (κ2) is 5.81. The molecule has 106 valence electrons. The number of aromatic nitrogens is 2. The molecule has 19 heavy (non-hydrogen) atoms. The minimum atomic E-state index is -3.56. The Labute approximate surface area is 112 Å². The van der Waals surface area contributed by atoms with Gasteiger partial charge in [0, 0.05) is 26.7 Å². The van der Waals surface area contributed by atoms with Gasteiger partial charge in [0.25, 0.3) is 0 Å². The summed E-state index contributed by atoms with van der Waals surface area (Å²) in [6.45, 7) is 0.848. The predicted octanol–water partition coefficient (Wildman–Crippen LogP) is -0.0887. The summed E-state index contributed by atoms with van der Waals surface area (Å²) in [5, 5.41) is 11.9. The van der Waals surface area contributed by atoms with Crippen LogP contribution >= 0.6 is 0 Å². The van der Waals surface area contributed by atoms with Crippen molar-refractivity contribution >= 4 is 16.0 Å². The van der Waals surface area contributed by atoms with Gasteiger partial charge >= 0.3 is 0 Å². The molecule has 1 aliphatic rings. The largest absolute Gasteiger partial charge is 0.396 e. The average Bonchev–Trinajstić information content (AvgIpc) is 2.47. The molecule has 0 saturated carbocycles. The summed E-state index contributed by atoms with van der Waals surface area (Å²) in [6, 6.07) is 0. The molecule has 7 nitrogen and oxygen atoms in total. The van der Waals surface area contributed by atoms with Crippen LogP contribution in [0.3, 0.4) is 0 Å². The van der Waals surface area contributed by atoms with Gasteiger partial charge in [-0.1, -0.05) is 0 Å². The van der Waals surface area contributed by atoms with Crippen LogP contribution in [-0.2, 0) is 10.0 Å². The Bertz CT molecular complexity index is 517. The Hall–Kier alpha value is -1.25. The maximum atomic E-state index is 12.4. The quantitative estimate of drug-likeness (QED) is 0.803. The van der Waals surface area contributed by atoms with Gasteiger partial charge in [-0.2, -0.15) is 4.31 Å². The number of aliphatic hydroxyl groups is 1. The fraction of sp³-hybridized carbons (Fsp3) is 0.636. The van der Waals surface area contributed by atoms with Crippen LogP contribution in [0, 0.1) is 5.92 Å². The zero-order chi connectivity index (χ0) is 13.9. The first-order chi connectivity index (χ1) is 9.07. The van der Waals surface area contributed by atoms with Gasteiger partial charge < -0.3 is 10.4 Å². The highest BCUT2D eigenvalue weighted by molar-refractivity contribution is 7.89. The number of anilines is 1. The van der Waals surface area contributed by atoms with Crippen molar-refractivity contribution in [3.8, 4) is 0 Å². The number of hydrogen-bond donors (Lipinski definition) is 2. The summed E-state index contributed by atoms with van der Waals surface area (Å²) < 4.78 is 26.2. The maximum absolute atomic E-state index is 12.4. The number of nitrogens with zero attached hydrogens (tertiary/aromatic N) is 3. The number of piperidine rings is 1. The van der Waals surface area contributed by atoms with E-state index in [1.807, 2.05) is 0 Å². The molecule has 0 amide bonds. The van der Waals surface area contributed by atoms with E-state index in [1.54, 1.807) is 7.05 Å². The lowest BCUT2D eigenvalue weighted by Gasteiger charge is -2.30. The molecule has 1 aromatic rings. The third-order valence-corrected chi connectivity index (χ3v) is 5.05. The van der Waals surface area contributed by atoms with Crippen molar-refractivity contribution < 1.29 is 13.5 Å². The van der Waals surface area contributed by atoms with Gasteiger partial charge in [-0.05, 0) is 18.8 Å². The molecule has 1 saturated heterocycles. The van der Waals surface area contributed by atoms with Crippen LogP contribution in [0.25, 0.3) is 0 Å². The minimum absolute atomic E-state index is 0.0148. The predicted molar refractivity (Wildman–Crippen MR) is 70.1 cm³/mol. The zero-order valence-electron chi connectivity index (χ0n) is 10.8. The molecule has 1 aliphatic heterocycles. The van der Waals surface area contributed by atoms with Crippen molar-refractivity contribution in [3.63, 3.8) is 0 Å². The lowest BCUT2D eigenvalue weighted by molar-refractivity contribution is 0.165. The number of hydrogen-bond acceptors (Lipinski definition) is 6. The first-order valence-corrected chi connectivity index (χ1v) is 7.62. The van der Waals surface area contributed by atoms with Crippen LogP contribution in [0.1, 0.15) is 12.8 Å². The monoisotopic (exact) mass is 286 g/mol. The van der Waals surface area contributed by atoms with E-state index in [-0.39, 0.29) is 17.4 Å². The van der Waals surface area contributed by atoms with Gasteiger partial charge in [-0.25, -0.2) is 18.4 Å². The molecule has 1 unspecified atom stereocenters. The molecule has 0 spiro atoms. The average molecular weight is 286 g/mol. The topological polar surface area (TPSA) is 95.4 Å². The van der Waals surface area contributed by atoms with E-state index in [1.165, 1.54) is 16.7 Å². The molecule has 0 aliphatic carbocycles. The van der Waals surface area contributed by atoms with E-state index in [0.717, 1.165) is 12.8 Å².